The molecule has 0 unspecified atom stereocenters. The summed E-state index contributed by atoms with van der Waals surface area (Å²) in [6.07, 6.45) is 1.32. The van der Waals surface area contributed by atoms with E-state index in [4.69, 9.17) is 9.15 Å². The molecule has 0 aliphatic carbocycles. The first kappa shape index (κ1) is 24.2. The molecule has 0 radical (unpaired) electrons. The smallest absolute Gasteiger partial charge is 0.326 e. The highest BCUT2D eigenvalue weighted by Gasteiger charge is 2.20. The van der Waals surface area contributed by atoms with E-state index < -0.39 is 29.7 Å². The Balaban J connectivity index is 1.52. The fraction of sp³-hybridized carbons (Fsp3) is 0.179. The van der Waals surface area contributed by atoms with Gasteiger partial charge in [-0.3, -0.25) is 14.2 Å². The van der Waals surface area contributed by atoms with Crippen LogP contribution in [0.25, 0.3) is 33.3 Å². The molecule has 0 aliphatic heterocycles. The van der Waals surface area contributed by atoms with Crippen molar-refractivity contribution in [2.45, 2.75) is 26.4 Å². The monoisotopic (exact) mass is 503 g/mol. The molecule has 5 aromatic rings. The van der Waals surface area contributed by atoms with Crippen LogP contribution >= 0.6 is 0 Å². The van der Waals surface area contributed by atoms with Crippen LogP contribution in [0, 0.1) is 11.6 Å². The van der Waals surface area contributed by atoms with Gasteiger partial charge in [0.1, 0.15) is 29.5 Å². The highest BCUT2D eigenvalue weighted by Crippen LogP contribution is 2.32. The molecule has 0 saturated heterocycles. The van der Waals surface area contributed by atoms with E-state index in [0.717, 1.165) is 15.5 Å². The predicted molar refractivity (Wildman–Crippen MR) is 136 cm³/mol. The Hall–Kier alpha value is -4.53. The van der Waals surface area contributed by atoms with Crippen molar-refractivity contribution in [3.8, 4) is 11.4 Å². The van der Waals surface area contributed by atoms with Crippen LogP contribution in [0.1, 0.15) is 25.5 Å². The van der Waals surface area contributed by atoms with Crippen LogP contribution in [0.3, 0.4) is 0 Å². The van der Waals surface area contributed by atoms with Gasteiger partial charge in [0.2, 0.25) is 0 Å². The molecule has 1 atom stereocenters. The van der Waals surface area contributed by atoms with E-state index in [1.54, 1.807) is 31.2 Å². The van der Waals surface area contributed by atoms with Gasteiger partial charge in [0.15, 0.2) is 11.4 Å². The number of aromatic nitrogens is 2. The van der Waals surface area contributed by atoms with Gasteiger partial charge in [-0.15, -0.1) is 0 Å². The lowest BCUT2D eigenvalue weighted by atomic mass is 10.0. The first-order chi connectivity index (χ1) is 17.9. The number of fused-ring (bicyclic) bond motifs is 3. The summed E-state index contributed by atoms with van der Waals surface area (Å²) < 4.78 is 40.5. The van der Waals surface area contributed by atoms with E-state index in [0.29, 0.717) is 11.0 Å². The average Bonchev–Trinajstić information content (AvgIpc) is 3.26. The van der Waals surface area contributed by atoms with Gasteiger partial charge in [0.05, 0.1) is 18.4 Å². The zero-order valence-corrected chi connectivity index (χ0v) is 20.1. The maximum atomic E-state index is 14.5. The van der Waals surface area contributed by atoms with Crippen molar-refractivity contribution in [3.63, 3.8) is 0 Å². The van der Waals surface area contributed by atoms with Crippen LogP contribution in [-0.2, 0) is 16.1 Å². The van der Waals surface area contributed by atoms with E-state index in [9.17, 15) is 18.4 Å². The van der Waals surface area contributed by atoms with Gasteiger partial charge < -0.3 is 14.5 Å². The second kappa shape index (κ2) is 9.85. The summed E-state index contributed by atoms with van der Waals surface area (Å²) in [4.78, 5) is 30.0. The molecule has 9 heteroatoms. The molecule has 37 heavy (non-hydrogen) atoms. The maximum absolute atomic E-state index is 14.5. The van der Waals surface area contributed by atoms with Crippen LogP contribution in [-0.4, -0.2) is 22.1 Å². The van der Waals surface area contributed by atoms with E-state index >= 15 is 0 Å². The van der Waals surface area contributed by atoms with Crippen molar-refractivity contribution in [1.29, 1.82) is 0 Å². The van der Waals surface area contributed by atoms with Crippen molar-refractivity contribution < 1.29 is 22.7 Å². The molecule has 2 aromatic heterocycles. The molecular weight excluding hydrogens is 480 g/mol. The van der Waals surface area contributed by atoms with Crippen molar-refractivity contribution in [3.05, 3.63) is 94.4 Å². The van der Waals surface area contributed by atoms with Gasteiger partial charge in [-0.2, -0.15) is 0 Å². The number of carbonyl (C=O) groups excluding carboxylic acids is 1. The Labute approximate surface area is 210 Å². The standard InChI is InChI=1S/C28H23F2N3O4/c1-3-36-25(34)15-33-27(19-7-4-5-9-21(19)29)31-14-23(28(33)35)32-16(2)17-11-12-24-20(13-17)18-8-6-10-22(30)26(18)37-24/h4-14,16,32H,3,15H2,1-2H3/t16-/m1/s1. The minimum atomic E-state index is -0.640. The molecule has 0 aliphatic rings. The predicted octanol–water partition coefficient (Wildman–Crippen LogP) is 5.82. The van der Waals surface area contributed by atoms with Gasteiger partial charge in [-0.25, -0.2) is 13.8 Å². The number of halogens is 2. The van der Waals surface area contributed by atoms with E-state index in [1.165, 1.54) is 30.5 Å². The highest BCUT2D eigenvalue weighted by atomic mass is 19.1. The lowest BCUT2D eigenvalue weighted by Crippen LogP contribution is -2.30. The molecule has 0 bridgehead atoms. The number of rotatable bonds is 7. The third-order valence-corrected chi connectivity index (χ3v) is 6.10. The number of carbonyl (C=O) groups is 1. The van der Waals surface area contributed by atoms with Gasteiger partial charge in [-0.05, 0) is 49.7 Å². The van der Waals surface area contributed by atoms with Gasteiger partial charge in [-0.1, -0.05) is 30.3 Å². The van der Waals surface area contributed by atoms with E-state index in [2.05, 4.69) is 10.3 Å². The van der Waals surface area contributed by atoms with Crippen LogP contribution in [0.15, 0.2) is 76.1 Å². The number of ether oxygens (including phenoxy) is 1. The van der Waals surface area contributed by atoms with Gasteiger partial charge in [0.25, 0.3) is 5.56 Å². The van der Waals surface area contributed by atoms with Crippen molar-refractivity contribution >= 4 is 33.6 Å². The second-order valence-electron chi connectivity index (χ2n) is 8.51. The number of hydrogen-bond acceptors (Lipinski definition) is 6. The Morgan fingerprint density at radius 3 is 2.65 bits per heavy atom. The largest absolute Gasteiger partial charge is 0.465 e. The molecular formula is C28H23F2N3O4. The van der Waals surface area contributed by atoms with E-state index in [1.807, 2.05) is 19.1 Å². The number of benzene rings is 3. The topological polar surface area (TPSA) is 86.4 Å². The zero-order valence-electron chi connectivity index (χ0n) is 20.1. The zero-order chi connectivity index (χ0) is 26.1. The van der Waals surface area contributed by atoms with E-state index in [-0.39, 0.29) is 35.3 Å². The summed E-state index contributed by atoms with van der Waals surface area (Å²) in [5, 5.41) is 4.53. The molecule has 1 N–H and O–H groups in total. The third kappa shape index (κ3) is 4.55. The van der Waals surface area contributed by atoms with Crippen LogP contribution in [0.2, 0.25) is 0 Å². The molecule has 188 valence electrons. The van der Waals surface area contributed by atoms with Crippen molar-refractivity contribution in [2.24, 2.45) is 0 Å². The first-order valence-electron chi connectivity index (χ1n) is 11.7. The second-order valence-corrected chi connectivity index (χ2v) is 8.51. The molecule has 0 amide bonds. The minimum Gasteiger partial charge on any atom is -0.465 e. The number of para-hydroxylation sites is 1. The van der Waals surface area contributed by atoms with Gasteiger partial charge in [0, 0.05) is 16.8 Å². The Bertz CT molecular complexity index is 1690. The van der Waals surface area contributed by atoms with Gasteiger partial charge >= 0.3 is 5.97 Å². The number of esters is 1. The number of nitrogens with one attached hydrogen (secondary N) is 1. The lowest BCUT2D eigenvalue weighted by Gasteiger charge is -2.18. The number of furan rings is 1. The minimum absolute atomic E-state index is 0.0164. The average molecular weight is 504 g/mol. The summed E-state index contributed by atoms with van der Waals surface area (Å²) in [6, 6.07) is 15.7. The maximum Gasteiger partial charge on any atom is 0.326 e. The summed E-state index contributed by atoms with van der Waals surface area (Å²) in [6.45, 7) is 3.22. The fourth-order valence-electron chi connectivity index (χ4n) is 4.30. The number of anilines is 1. The Morgan fingerprint density at radius 2 is 1.86 bits per heavy atom. The molecule has 3 aromatic carbocycles. The highest BCUT2D eigenvalue weighted by molar-refractivity contribution is 6.05. The number of hydrogen-bond donors (Lipinski definition) is 1. The molecule has 5 rings (SSSR count). The third-order valence-electron chi connectivity index (χ3n) is 6.10. The molecule has 0 spiro atoms. The fourth-order valence-corrected chi connectivity index (χ4v) is 4.30. The lowest BCUT2D eigenvalue weighted by molar-refractivity contribution is -0.143. The van der Waals surface area contributed by atoms with Crippen molar-refractivity contribution in [1.82, 2.24) is 9.55 Å². The first-order valence-corrected chi connectivity index (χ1v) is 11.7. The summed E-state index contributed by atoms with van der Waals surface area (Å²) >= 11 is 0. The van der Waals surface area contributed by atoms with Crippen LogP contribution in [0.4, 0.5) is 14.5 Å². The molecule has 2 heterocycles. The summed E-state index contributed by atoms with van der Waals surface area (Å²) in [7, 11) is 0. The Morgan fingerprint density at radius 1 is 1.08 bits per heavy atom. The Kier molecular flexibility index (Phi) is 6.43. The van der Waals surface area contributed by atoms with Crippen LogP contribution < -0.4 is 10.9 Å². The molecule has 0 saturated carbocycles. The van der Waals surface area contributed by atoms with Crippen molar-refractivity contribution in [2.75, 3.05) is 11.9 Å². The SMILES string of the molecule is CCOC(=O)Cn1c(-c2ccccc2F)ncc(N[C@H](C)c2ccc3oc4c(F)cccc4c3c2)c1=O. The summed E-state index contributed by atoms with van der Waals surface area (Å²) in [5.41, 5.74) is 1.21. The normalized spacial score (nSPS) is 12.1. The quantitative estimate of drug-likeness (QED) is 0.282. The van der Waals surface area contributed by atoms with Crippen LogP contribution in [0.5, 0.6) is 0 Å². The summed E-state index contributed by atoms with van der Waals surface area (Å²) in [5.74, 6) is -1.64. The molecule has 0 fully saturated rings. The number of nitrogens with zero attached hydrogens (tertiary/aromatic N) is 2. The molecule has 7 nitrogen and oxygen atoms in total.